The van der Waals surface area contributed by atoms with E-state index in [1.54, 1.807) is 7.11 Å². The molecule has 0 fully saturated rings. The molecule has 0 amide bonds. The second-order valence-corrected chi connectivity index (χ2v) is 2.56. The third-order valence-electron chi connectivity index (χ3n) is 0.979. The number of ether oxygens (including phenoxy) is 1. The summed E-state index contributed by atoms with van der Waals surface area (Å²) in [5.41, 5.74) is 0. The van der Waals surface area contributed by atoms with Gasteiger partial charge in [0.1, 0.15) is 5.75 Å². The molecule has 0 heterocycles. The molecule has 0 aliphatic carbocycles. The maximum atomic E-state index is 8.63. The molecule has 0 aliphatic rings. The van der Waals surface area contributed by atoms with E-state index in [-0.39, 0.29) is 0 Å². The molecule has 0 unspecified atom stereocenters. The van der Waals surface area contributed by atoms with Crippen LogP contribution in [0.5, 0.6) is 5.75 Å². The molecule has 1 aromatic carbocycles. The Morgan fingerprint density at radius 1 is 1.25 bits per heavy atom. The predicted octanol–water partition coefficient (Wildman–Crippen LogP) is -1.24. The van der Waals surface area contributed by atoms with E-state index in [4.69, 9.17) is 17.3 Å². The number of hydrogen-bond donors (Lipinski definition) is 1. The lowest BCUT2D eigenvalue weighted by Gasteiger charge is -1.93. The first kappa shape index (κ1) is 11.4. The lowest BCUT2D eigenvalue weighted by Crippen LogP contribution is -2.30. The van der Waals surface area contributed by atoms with Crippen LogP contribution in [0.2, 0.25) is 0 Å². The fraction of sp³-hybridized carbons (Fsp3) is 0.143. The Morgan fingerprint density at radius 3 is 1.92 bits per heavy atom. The van der Waals surface area contributed by atoms with E-state index < -0.39 is 14.8 Å². The fourth-order valence-electron chi connectivity index (χ4n) is 0.557. The van der Waals surface area contributed by atoms with E-state index in [1.165, 1.54) is 0 Å². The lowest BCUT2D eigenvalue weighted by molar-refractivity contribution is -1.63. The Balaban J connectivity index is 0.000000261. The fourth-order valence-corrected chi connectivity index (χ4v) is 0.557. The lowest BCUT2D eigenvalue weighted by atomic mass is 10.3. The molecule has 0 aliphatic heterocycles. The van der Waals surface area contributed by atoms with E-state index >= 15 is 0 Å². The number of benzene rings is 1. The minimum atomic E-state index is -3.40. The van der Waals surface area contributed by atoms with Crippen molar-refractivity contribution < 1.29 is 32.1 Å². The van der Waals surface area contributed by atoms with Gasteiger partial charge in [0.2, 0.25) is 0 Å². The Hall–Kier alpha value is -0.620. The zero-order valence-electron chi connectivity index (χ0n) is 6.44. The molecule has 0 atom stereocenters. The van der Waals surface area contributed by atoms with Gasteiger partial charge in [0.05, 0.1) is 7.11 Å². The number of halogens is 1. The second kappa shape index (κ2) is 7.05. The monoisotopic (exact) mass is 236 g/mol. The topological polar surface area (TPSA) is 75.6 Å². The summed E-state index contributed by atoms with van der Waals surface area (Å²) in [5.74, 6) is 0.910. The maximum absolute atomic E-state index is 8.63. The van der Waals surface area contributed by atoms with Gasteiger partial charge in [-0.2, -0.15) is 0 Å². The molecule has 1 N–H and O–H groups in total. The first-order valence-corrected chi connectivity index (χ1v) is 5.00. The average molecular weight is 237 g/mol. The third kappa shape index (κ3) is 7.49. The van der Waals surface area contributed by atoms with E-state index in [9.17, 15) is 0 Å². The summed E-state index contributed by atoms with van der Waals surface area (Å²) in [5, 5.41) is 0. The van der Waals surface area contributed by atoms with Gasteiger partial charge in [0, 0.05) is 0 Å². The SMILES string of the molecule is COc1ccccc1.[O-][Br+2]([O-])O. The van der Waals surface area contributed by atoms with Crippen molar-refractivity contribution in [3.63, 3.8) is 0 Å². The van der Waals surface area contributed by atoms with Gasteiger partial charge in [-0.1, -0.05) is 18.2 Å². The molecule has 0 aromatic heterocycles. The highest BCUT2D eigenvalue weighted by atomic mass is 80.0. The van der Waals surface area contributed by atoms with Crippen LogP contribution in [0.1, 0.15) is 0 Å². The maximum Gasteiger partial charge on any atom is 0.433 e. The molecule has 68 valence electrons. The van der Waals surface area contributed by atoms with Crippen molar-refractivity contribution in [2.24, 2.45) is 0 Å². The van der Waals surface area contributed by atoms with Crippen molar-refractivity contribution >= 4 is 0 Å². The van der Waals surface area contributed by atoms with Crippen LogP contribution in [0.15, 0.2) is 30.3 Å². The van der Waals surface area contributed by atoms with Crippen LogP contribution in [0.3, 0.4) is 0 Å². The van der Waals surface area contributed by atoms with Crippen molar-refractivity contribution in [1.29, 1.82) is 0 Å². The molecule has 5 heteroatoms. The largest absolute Gasteiger partial charge is 0.497 e. The van der Waals surface area contributed by atoms with Gasteiger partial charge in [0.25, 0.3) is 0 Å². The zero-order valence-corrected chi connectivity index (χ0v) is 8.02. The van der Waals surface area contributed by atoms with Gasteiger partial charge in [-0.05, 0) is 16.3 Å². The van der Waals surface area contributed by atoms with E-state index in [0.717, 1.165) is 5.75 Å². The van der Waals surface area contributed by atoms with Gasteiger partial charge < -0.3 is 13.1 Å². The van der Waals surface area contributed by atoms with Crippen LogP contribution in [0, 0.1) is 14.8 Å². The van der Waals surface area contributed by atoms with Crippen LogP contribution < -0.4 is 13.1 Å². The first-order valence-electron chi connectivity index (χ1n) is 3.00. The minimum Gasteiger partial charge on any atom is -0.497 e. The Kier molecular flexibility index (Phi) is 6.69. The number of rotatable bonds is 1. The van der Waals surface area contributed by atoms with E-state index in [2.05, 4.69) is 0 Å². The van der Waals surface area contributed by atoms with Crippen LogP contribution in [0.4, 0.5) is 0 Å². The molecular weight excluding hydrogens is 228 g/mol. The van der Waals surface area contributed by atoms with Gasteiger partial charge in [0.15, 0.2) is 0 Å². The summed E-state index contributed by atoms with van der Waals surface area (Å²) in [6.07, 6.45) is 0. The van der Waals surface area contributed by atoms with E-state index in [0.29, 0.717) is 0 Å². The first-order chi connectivity index (χ1) is 5.66. The highest BCUT2D eigenvalue weighted by molar-refractivity contribution is 5.20. The van der Waals surface area contributed by atoms with Crippen LogP contribution in [0.25, 0.3) is 0 Å². The summed E-state index contributed by atoms with van der Waals surface area (Å²) in [7, 11) is 1.66. The quantitative estimate of drug-likeness (QED) is 0.662. The molecule has 4 nitrogen and oxygen atoms in total. The molecule has 0 saturated heterocycles. The molecule has 1 aromatic rings. The standard InChI is InChI=1S/C7H8O.BrHO3/c1-8-7-5-3-2-4-6-7;2-1(3)4/h2-6H,1H3;2H. The summed E-state index contributed by atoms with van der Waals surface area (Å²) in [4.78, 5) is 0. The number of hydrogen-bond acceptors (Lipinski definition) is 4. The Morgan fingerprint density at radius 2 is 1.67 bits per heavy atom. The molecule has 0 bridgehead atoms. The number of methoxy groups -OCH3 is 1. The van der Waals surface area contributed by atoms with Crippen molar-refractivity contribution in [3.8, 4) is 5.75 Å². The van der Waals surface area contributed by atoms with E-state index in [1.807, 2.05) is 30.3 Å². The summed E-state index contributed by atoms with van der Waals surface area (Å²) in [6.45, 7) is 0. The molecule has 12 heavy (non-hydrogen) atoms. The molecule has 0 radical (unpaired) electrons. The van der Waals surface area contributed by atoms with Crippen LogP contribution in [-0.2, 0) is 0 Å². The van der Waals surface area contributed by atoms with Gasteiger partial charge >= 0.3 is 14.8 Å². The molecule has 0 saturated carbocycles. The van der Waals surface area contributed by atoms with Gasteiger partial charge in [-0.25, -0.2) is 0 Å². The highest BCUT2D eigenvalue weighted by Gasteiger charge is 1.86. The Bertz CT molecular complexity index is 187. The van der Waals surface area contributed by atoms with Crippen molar-refractivity contribution in [2.75, 3.05) is 7.11 Å². The van der Waals surface area contributed by atoms with Crippen LogP contribution >= 0.6 is 0 Å². The summed E-state index contributed by atoms with van der Waals surface area (Å²) < 4.78 is 29.2. The van der Waals surface area contributed by atoms with Crippen molar-refractivity contribution in [3.05, 3.63) is 30.3 Å². The van der Waals surface area contributed by atoms with Gasteiger partial charge in [-0.3, -0.25) is 0 Å². The molecule has 0 spiro atoms. The van der Waals surface area contributed by atoms with Gasteiger partial charge in [-0.15, -0.1) is 0 Å². The zero-order chi connectivity index (χ0) is 9.40. The summed E-state index contributed by atoms with van der Waals surface area (Å²) >= 11 is -3.40. The molecule has 1 rings (SSSR count). The van der Waals surface area contributed by atoms with Crippen LogP contribution in [-0.4, -0.2) is 11.3 Å². The van der Waals surface area contributed by atoms with Crippen molar-refractivity contribution in [2.45, 2.75) is 0 Å². The van der Waals surface area contributed by atoms with Crippen molar-refractivity contribution in [1.82, 2.24) is 0 Å². The average Bonchev–Trinajstić information content (AvgIpc) is 2.05. The predicted molar refractivity (Wildman–Crippen MR) is 35.2 cm³/mol. The summed E-state index contributed by atoms with van der Waals surface area (Å²) in [6, 6.07) is 9.68. The smallest absolute Gasteiger partial charge is 0.433 e. The highest BCUT2D eigenvalue weighted by Crippen LogP contribution is 2.05. The number of para-hydroxylation sites is 1. The minimum absolute atomic E-state index is 0.910. The third-order valence-corrected chi connectivity index (χ3v) is 0.979. The normalized spacial score (nSPS) is 8.75. The second-order valence-electron chi connectivity index (χ2n) is 1.72. The molecular formula is C7H9BrO4. The Labute approximate surface area is 75.9 Å².